The Hall–Kier alpha value is -8.07. The number of aromatic nitrogens is 3. The van der Waals surface area contributed by atoms with Gasteiger partial charge >= 0.3 is 29.4 Å². The molecule has 1 saturated heterocycles. The fourth-order valence-electron chi connectivity index (χ4n) is 12.9. The first kappa shape index (κ1) is 62.1. The van der Waals surface area contributed by atoms with E-state index < -0.39 is 73.7 Å². The molecule has 6 aliphatic rings. The van der Waals surface area contributed by atoms with Crippen LogP contribution in [-0.2, 0) is 79.9 Å². The number of esters is 1. The average Bonchev–Trinajstić information content (AvgIpc) is 0.896. The maximum Gasteiger partial charge on any atom is 0.490 e. The number of anilines is 2. The van der Waals surface area contributed by atoms with Crippen LogP contribution in [0, 0.1) is 0 Å². The number of phosphoric ester groups is 1. The minimum absolute atomic E-state index is 0.0128. The fourth-order valence-corrected chi connectivity index (χ4v) is 15.9. The third-order valence-electron chi connectivity index (χ3n) is 16.5. The van der Waals surface area contributed by atoms with Gasteiger partial charge in [0.2, 0.25) is 5.36 Å². The highest BCUT2D eigenvalue weighted by Crippen LogP contribution is 2.66. The van der Waals surface area contributed by atoms with Crippen molar-refractivity contribution in [3.63, 3.8) is 0 Å². The van der Waals surface area contributed by atoms with Crippen LogP contribution in [0.25, 0.3) is 37.5 Å². The van der Waals surface area contributed by atoms with Gasteiger partial charge in [-0.05, 0) is 109 Å². The molecule has 12 rings (SSSR count). The maximum absolute atomic E-state index is 14.2. The Labute approximate surface area is 510 Å². The number of benzene rings is 4. The Balaban J connectivity index is 0.741. The van der Waals surface area contributed by atoms with Crippen LogP contribution in [0.2, 0.25) is 0 Å². The molecule has 0 bridgehead atoms. The first-order valence-electron chi connectivity index (χ1n) is 28.7. The highest BCUT2D eigenvalue weighted by atomic mass is 31.3. The molecule has 8 heterocycles. The monoisotopic (exact) mass is 1290 g/mol. The lowest BCUT2D eigenvalue weighted by Crippen LogP contribution is -2.45. The van der Waals surface area contributed by atoms with Crippen LogP contribution in [0.15, 0.2) is 71.3 Å². The number of fused-ring (bicyclic) bond motifs is 5. The number of phosphoric acid groups is 3. The van der Waals surface area contributed by atoms with Crippen molar-refractivity contribution in [2.75, 3.05) is 63.3 Å². The topological polar surface area (TPSA) is 430 Å². The normalized spacial score (nSPS) is 19.3. The van der Waals surface area contributed by atoms with Gasteiger partial charge in [0, 0.05) is 98.2 Å². The largest absolute Gasteiger partial charge is 0.492 e. The summed E-state index contributed by atoms with van der Waals surface area (Å²) < 4.78 is 82.7. The first-order chi connectivity index (χ1) is 43.3. The Morgan fingerprint density at radius 2 is 1.66 bits per heavy atom. The van der Waals surface area contributed by atoms with Crippen LogP contribution in [-0.4, -0.2) is 117 Å². The van der Waals surface area contributed by atoms with Gasteiger partial charge in [0.05, 0.1) is 42.3 Å². The van der Waals surface area contributed by atoms with Gasteiger partial charge in [-0.1, -0.05) is 16.3 Å². The zero-order valence-corrected chi connectivity index (χ0v) is 50.5. The number of nitrogens with one attached hydrogen (secondary N) is 1. The number of amides is 1. The van der Waals surface area contributed by atoms with Crippen molar-refractivity contribution in [3.8, 4) is 17.2 Å². The Bertz CT molecular complexity index is 4330. The molecular formula is C56H59N13O18P3+. The van der Waals surface area contributed by atoms with E-state index in [-0.39, 0.29) is 65.4 Å². The van der Waals surface area contributed by atoms with Gasteiger partial charge in [-0.2, -0.15) is 8.62 Å². The van der Waals surface area contributed by atoms with Crippen LogP contribution >= 0.6 is 23.5 Å². The molecule has 1 amide bonds. The third kappa shape index (κ3) is 12.8. The highest BCUT2D eigenvalue weighted by molar-refractivity contribution is 7.66. The molecule has 3 unspecified atom stereocenters. The van der Waals surface area contributed by atoms with Gasteiger partial charge in [-0.15, -0.1) is 0 Å². The number of nitrogen functional groups attached to an aromatic ring is 1. The number of carbonyl (C=O) groups excluding carboxylic acids is 3. The first-order valence-corrected chi connectivity index (χ1v) is 33.2. The molecule has 0 aliphatic carbocycles. The molecule has 7 N–H and O–H groups in total. The summed E-state index contributed by atoms with van der Waals surface area (Å²) in [6, 6.07) is 14.1. The van der Waals surface area contributed by atoms with Crippen LogP contribution in [0.1, 0.15) is 114 Å². The molecule has 5 atom stereocenters. The number of rotatable bonds is 23. The van der Waals surface area contributed by atoms with Crippen LogP contribution in [0.4, 0.5) is 11.5 Å². The van der Waals surface area contributed by atoms with Gasteiger partial charge in [-0.25, -0.2) is 33.0 Å². The van der Waals surface area contributed by atoms with Crippen molar-refractivity contribution >= 4 is 69.7 Å². The summed E-state index contributed by atoms with van der Waals surface area (Å²) in [7, 11) is -17.1. The molecule has 4 aromatic carbocycles. The van der Waals surface area contributed by atoms with Crippen molar-refractivity contribution in [2.45, 2.75) is 89.4 Å². The molecule has 90 heavy (non-hydrogen) atoms. The van der Waals surface area contributed by atoms with E-state index in [1.165, 1.54) is 62.3 Å². The molecule has 6 aliphatic heterocycles. The number of aldehydes is 1. The number of nitrogens with zero attached hydrogens (tertiary/aromatic N) is 11. The van der Waals surface area contributed by atoms with Crippen molar-refractivity contribution in [3.05, 3.63) is 154 Å². The Kier molecular flexibility index (Phi) is 17.7. The molecule has 2 aromatic heterocycles. The lowest BCUT2D eigenvalue weighted by atomic mass is 9.81. The van der Waals surface area contributed by atoms with E-state index in [9.17, 15) is 43.4 Å². The molecule has 470 valence electrons. The molecule has 0 spiro atoms. The number of nitrogens with two attached hydrogens (primary N) is 1. The molecule has 6 aromatic rings. The fraction of sp³-hybridized carbons (Fsp3) is 0.393. The van der Waals surface area contributed by atoms with E-state index in [1.807, 2.05) is 0 Å². The van der Waals surface area contributed by atoms with Crippen molar-refractivity contribution < 1.29 is 84.5 Å². The molecule has 31 nitrogen and oxygen atoms in total. The number of ether oxygens (including phenoxy) is 5. The SMILES string of the molecule is [N-]=[N+]=NCOC1C[C@H](n2cc(COC(=O)c3ccc(OCCNC(=O)c4ccc(C=O)c(C5=c6cc7c8c(c6Oc6c5cc5c9c6CCCN9CCC5)CCC[N+]=8CCC7)c4)cc3CN=[N+]=[N-])c3c(N)ncnc32)O[C@@H]1COP(=O)(O)OP(=O)(O)OP(=O)(O)O. The molecular weight excluding hydrogens is 1240 g/mol. The third-order valence-corrected chi connectivity index (χ3v) is 20.3. The summed E-state index contributed by atoms with van der Waals surface area (Å²) in [5.41, 5.74) is 34.6. The number of aryl methyl sites for hydroxylation is 2. The van der Waals surface area contributed by atoms with E-state index >= 15 is 0 Å². The molecule has 1 fully saturated rings. The lowest BCUT2D eigenvalue weighted by Gasteiger charge is -2.39. The van der Waals surface area contributed by atoms with Crippen molar-refractivity contribution in [1.82, 2.24) is 24.4 Å². The van der Waals surface area contributed by atoms with Crippen molar-refractivity contribution in [1.29, 1.82) is 0 Å². The maximum atomic E-state index is 14.2. The van der Waals surface area contributed by atoms with E-state index in [2.05, 4.69) is 65.6 Å². The van der Waals surface area contributed by atoms with E-state index in [0.717, 1.165) is 118 Å². The van der Waals surface area contributed by atoms with Gasteiger partial charge < -0.3 is 63.8 Å². The van der Waals surface area contributed by atoms with Gasteiger partial charge in [0.25, 0.3) is 5.91 Å². The zero-order chi connectivity index (χ0) is 63.1. The van der Waals surface area contributed by atoms with Gasteiger partial charge in [0.15, 0.2) is 6.29 Å². The minimum Gasteiger partial charge on any atom is -0.492 e. The standard InChI is InChI=1S/C56H58N13O18P3/c57-53-47-36(25-69(54(47)62-29-61-53)46-23-44(82-30-64-66-59)45(84-46)28-83-89(76,77)87-90(78,79)86-88(73,74)75)27-81-56(72)38-12-11-37(19-35(38)24-63-65-58)80-18-13-60-55(71)33-9-10-34(26-70)41(22-33)48-42-20-31-5-1-14-67-16-3-7-39(49(31)67)51(42)85-52-40-8-4-17-68-15-2-6-32(50(40)68)21-43(48)52/h9-12,19-22,25-26,29,44-46H,1-8,13-18,23-24,27-28,30H2,(H6-,57,60,61,62,71,73,74,75,76,77,78,79)/p+1/t44?,45-,46-/m1/s1. The highest BCUT2D eigenvalue weighted by Gasteiger charge is 2.44. The van der Waals surface area contributed by atoms with Gasteiger partial charge in [0.1, 0.15) is 80.4 Å². The second kappa shape index (κ2) is 25.7. The summed E-state index contributed by atoms with van der Waals surface area (Å²) in [6.45, 7) is 1.83. The van der Waals surface area contributed by atoms with Crippen LogP contribution < -0.4 is 40.6 Å². The molecule has 34 heteroatoms. The Morgan fingerprint density at radius 3 is 2.44 bits per heavy atom. The summed E-state index contributed by atoms with van der Waals surface area (Å²) in [6.07, 6.45) is 7.59. The second-order valence-corrected chi connectivity index (χ2v) is 26.4. The van der Waals surface area contributed by atoms with Crippen molar-refractivity contribution in [2.24, 2.45) is 10.2 Å². The Morgan fingerprint density at radius 1 is 0.878 bits per heavy atom. The predicted octanol–water partition coefficient (Wildman–Crippen LogP) is 6.52. The minimum atomic E-state index is -5.85. The number of hydrogen-bond donors (Lipinski definition) is 6. The zero-order valence-electron chi connectivity index (χ0n) is 47.9. The number of carbonyl (C=O) groups is 3. The summed E-state index contributed by atoms with van der Waals surface area (Å²) in [5.74, 6) is 0.654. The van der Waals surface area contributed by atoms with E-state index in [0.29, 0.717) is 16.7 Å². The molecule has 0 saturated carbocycles. The summed E-state index contributed by atoms with van der Waals surface area (Å²) >= 11 is 0. The summed E-state index contributed by atoms with van der Waals surface area (Å²) in [5, 5.41) is 12.4. The number of azide groups is 2. The van der Waals surface area contributed by atoms with E-state index in [4.69, 9.17) is 49.3 Å². The quantitative estimate of drug-likeness (QED) is 0.00580. The van der Waals surface area contributed by atoms with Crippen LogP contribution in [0.5, 0.6) is 17.2 Å². The lowest BCUT2D eigenvalue weighted by molar-refractivity contribution is -0.0582. The summed E-state index contributed by atoms with van der Waals surface area (Å²) in [4.78, 5) is 95.1. The van der Waals surface area contributed by atoms with Gasteiger partial charge in [-0.3, -0.25) is 14.1 Å². The molecule has 0 radical (unpaired) electrons. The predicted molar refractivity (Wildman–Crippen MR) is 318 cm³/mol. The van der Waals surface area contributed by atoms with E-state index in [1.54, 1.807) is 18.2 Å². The smallest absolute Gasteiger partial charge is 0.490 e. The number of hydrogen-bond acceptors (Lipinski definition) is 20. The average molecular weight is 1300 g/mol. The second-order valence-electron chi connectivity index (χ2n) is 22.0. The van der Waals surface area contributed by atoms with Crippen LogP contribution in [0.3, 0.4) is 0 Å².